The summed E-state index contributed by atoms with van der Waals surface area (Å²) in [7, 11) is 1.35. The number of aliphatic carboxylic acids is 1. The van der Waals surface area contributed by atoms with Crippen molar-refractivity contribution in [2.75, 3.05) is 12.4 Å². The SMILES string of the molecule is CC[C@@H]1CCc2c(sc(NC(=O)[C@@H]3[C@@H](C(=O)O)[C@@H]4CC[C@@H]3C4=C(C)C)c2C(=O)OC)C1. The lowest BCUT2D eigenvalue weighted by molar-refractivity contribution is -0.148. The fourth-order valence-electron chi connectivity index (χ4n) is 6.21. The highest BCUT2D eigenvalue weighted by Gasteiger charge is 2.57. The van der Waals surface area contributed by atoms with Gasteiger partial charge in [-0.05, 0) is 69.3 Å². The number of amides is 1. The number of thiophene rings is 1. The minimum Gasteiger partial charge on any atom is -0.481 e. The Morgan fingerprint density at radius 2 is 1.81 bits per heavy atom. The number of carboxylic acid groups (broad SMARTS) is 1. The number of rotatable bonds is 5. The van der Waals surface area contributed by atoms with Crippen molar-refractivity contribution in [1.29, 1.82) is 0 Å². The lowest BCUT2D eigenvalue weighted by Crippen LogP contribution is -2.38. The van der Waals surface area contributed by atoms with Crippen LogP contribution in [0.5, 0.6) is 0 Å². The number of esters is 1. The average Bonchev–Trinajstić information content (AvgIpc) is 3.41. The standard InChI is InChI=1S/C24H31NO5S/c1-5-12-6-7-13-16(10-12)31-22(20(13)24(29)30-4)25-21(26)18-14-8-9-15(17(14)11(2)3)19(18)23(27)28/h12,14-15,18-19H,5-10H2,1-4H3,(H,25,26)(H,27,28)/t12-,14-,15-,18+,19+/m1/s1. The summed E-state index contributed by atoms with van der Waals surface area (Å²) in [5.74, 6) is -2.44. The number of methoxy groups -OCH3 is 1. The van der Waals surface area contributed by atoms with E-state index in [4.69, 9.17) is 4.74 Å². The van der Waals surface area contributed by atoms with Crippen molar-refractivity contribution in [3.05, 3.63) is 27.2 Å². The smallest absolute Gasteiger partial charge is 0.341 e. The molecule has 1 amide bonds. The van der Waals surface area contributed by atoms with Gasteiger partial charge in [-0.1, -0.05) is 24.5 Å². The van der Waals surface area contributed by atoms with E-state index in [1.807, 2.05) is 13.8 Å². The van der Waals surface area contributed by atoms with E-state index < -0.39 is 23.8 Å². The molecular formula is C24H31NO5S. The molecule has 4 rings (SSSR count). The van der Waals surface area contributed by atoms with Crippen LogP contribution in [0.25, 0.3) is 0 Å². The topological polar surface area (TPSA) is 92.7 Å². The summed E-state index contributed by atoms with van der Waals surface area (Å²) in [5.41, 5.74) is 3.73. The van der Waals surface area contributed by atoms with Crippen molar-refractivity contribution in [2.45, 2.75) is 59.3 Å². The van der Waals surface area contributed by atoms with Crippen LogP contribution in [-0.2, 0) is 27.2 Å². The van der Waals surface area contributed by atoms with E-state index >= 15 is 0 Å². The zero-order chi connectivity index (χ0) is 22.4. The number of carbonyl (C=O) groups excluding carboxylic acids is 2. The first-order chi connectivity index (χ1) is 14.8. The molecule has 1 aromatic rings. The number of ether oxygens (including phenoxy) is 1. The van der Waals surface area contributed by atoms with Gasteiger partial charge in [-0.15, -0.1) is 11.3 Å². The number of hydrogen-bond donors (Lipinski definition) is 2. The predicted octanol–water partition coefficient (Wildman–Crippen LogP) is 4.68. The van der Waals surface area contributed by atoms with Crippen molar-refractivity contribution >= 4 is 34.2 Å². The third kappa shape index (κ3) is 3.60. The van der Waals surface area contributed by atoms with Crippen LogP contribution in [0.4, 0.5) is 5.00 Å². The molecule has 0 radical (unpaired) electrons. The molecule has 0 saturated heterocycles. The minimum absolute atomic E-state index is 0.0308. The van der Waals surface area contributed by atoms with E-state index in [9.17, 15) is 19.5 Å². The first-order valence-corrected chi connectivity index (χ1v) is 12.0. The van der Waals surface area contributed by atoms with Gasteiger partial charge in [-0.25, -0.2) is 4.79 Å². The number of carbonyl (C=O) groups is 3. The Morgan fingerprint density at radius 1 is 1.13 bits per heavy atom. The molecule has 168 valence electrons. The van der Waals surface area contributed by atoms with E-state index in [0.29, 0.717) is 16.5 Å². The third-order valence-corrected chi connectivity index (χ3v) is 8.75. The van der Waals surface area contributed by atoms with E-state index in [1.165, 1.54) is 18.4 Å². The monoisotopic (exact) mass is 445 g/mol. The Kier molecular flexibility index (Phi) is 5.99. The maximum absolute atomic E-state index is 13.4. The molecule has 7 heteroatoms. The van der Waals surface area contributed by atoms with Gasteiger partial charge in [-0.2, -0.15) is 0 Å². The molecule has 1 heterocycles. The maximum atomic E-state index is 13.4. The molecule has 2 fully saturated rings. The van der Waals surface area contributed by atoms with Crippen LogP contribution >= 0.6 is 11.3 Å². The van der Waals surface area contributed by atoms with Gasteiger partial charge < -0.3 is 15.2 Å². The van der Waals surface area contributed by atoms with Gasteiger partial charge in [0.2, 0.25) is 5.91 Å². The van der Waals surface area contributed by atoms with Crippen LogP contribution in [0.3, 0.4) is 0 Å². The average molecular weight is 446 g/mol. The van der Waals surface area contributed by atoms with Crippen LogP contribution in [0, 0.1) is 29.6 Å². The van der Waals surface area contributed by atoms with Crippen LogP contribution in [0.1, 0.15) is 67.3 Å². The highest BCUT2D eigenvalue weighted by atomic mass is 32.1. The highest BCUT2D eigenvalue weighted by molar-refractivity contribution is 7.17. The Bertz CT molecular complexity index is 957. The lowest BCUT2D eigenvalue weighted by atomic mass is 9.78. The number of allylic oxidation sites excluding steroid dienone is 2. The van der Waals surface area contributed by atoms with Gasteiger partial charge in [0, 0.05) is 4.88 Å². The third-order valence-electron chi connectivity index (χ3n) is 7.58. The highest BCUT2D eigenvalue weighted by Crippen LogP contribution is 2.57. The van der Waals surface area contributed by atoms with Crippen molar-refractivity contribution in [3.8, 4) is 0 Å². The van der Waals surface area contributed by atoms with E-state index in [0.717, 1.165) is 60.1 Å². The summed E-state index contributed by atoms with van der Waals surface area (Å²) in [6.07, 6.45) is 5.49. The van der Waals surface area contributed by atoms with Crippen LogP contribution in [0.15, 0.2) is 11.1 Å². The second-order valence-corrected chi connectivity index (χ2v) is 10.4. The summed E-state index contributed by atoms with van der Waals surface area (Å²) < 4.78 is 5.03. The molecule has 2 N–H and O–H groups in total. The molecule has 1 aromatic heterocycles. The largest absolute Gasteiger partial charge is 0.481 e. The molecule has 2 saturated carbocycles. The lowest BCUT2D eigenvalue weighted by Gasteiger charge is -2.26. The second kappa shape index (κ2) is 8.41. The molecule has 5 atom stereocenters. The zero-order valence-electron chi connectivity index (χ0n) is 18.6. The molecule has 3 aliphatic rings. The number of nitrogens with one attached hydrogen (secondary N) is 1. The quantitative estimate of drug-likeness (QED) is 0.507. The Hall–Kier alpha value is -2.15. The summed E-state index contributed by atoms with van der Waals surface area (Å²) in [4.78, 5) is 39.3. The fourth-order valence-corrected chi connectivity index (χ4v) is 7.56. The van der Waals surface area contributed by atoms with Gasteiger partial charge >= 0.3 is 11.9 Å². The molecule has 2 bridgehead atoms. The van der Waals surface area contributed by atoms with Crippen LogP contribution in [-0.4, -0.2) is 30.1 Å². The van der Waals surface area contributed by atoms with E-state index in [-0.39, 0.29) is 17.7 Å². The van der Waals surface area contributed by atoms with Gasteiger partial charge in [0.1, 0.15) is 5.00 Å². The van der Waals surface area contributed by atoms with Crippen LogP contribution in [0.2, 0.25) is 0 Å². The zero-order valence-corrected chi connectivity index (χ0v) is 19.4. The van der Waals surface area contributed by atoms with Gasteiger partial charge in [-0.3, -0.25) is 9.59 Å². The van der Waals surface area contributed by atoms with Crippen molar-refractivity contribution in [2.24, 2.45) is 29.6 Å². The predicted molar refractivity (Wildman–Crippen MR) is 119 cm³/mol. The Morgan fingerprint density at radius 3 is 2.39 bits per heavy atom. The first kappa shape index (κ1) is 22.1. The molecule has 3 aliphatic carbocycles. The van der Waals surface area contributed by atoms with E-state index in [1.54, 1.807) is 0 Å². The van der Waals surface area contributed by atoms with Crippen molar-refractivity contribution < 1.29 is 24.2 Å². The van der Waals surface area contributed by atoms with Crippen LogP contribution < -0.4 is 5.32 Å². The maximum Gasteiger partial charge on any atom is 0.341 e. The Labute approximate surface area is 187 Å². The Balaban J connectivity index is 1.67. The second-order valence-electron chi connectivity index (χ2n) is 9.34. The normalized spacial score (nSPS) is 28.9. The number of fused-ring (bicyclic) bond motifs is 3. The van der Waals surface area contributed by atoms with Crippen molar-refractivity contribution in [3.63, 3.8) is 0 Å². The van der Waals surface area contributed by atoms with Gasteiger partial charge in [0.25, 0.3) is 0 Å². The molecule has 6 nitrogen and oxygen atoms in total. The number of hydrogen-bond acceptors (Lipinski definition) is 5. The molecule has 0 aromatic carbocycles. The molecule has 0 spiro atoms. The first-order valence-electron chi connectivity index (χ1n) is 11.2. The minimum atomic E-state index is -0.907. The number of anilines is 1. The summed E-state index contributed by atoms with van der Waals surface area (Å²) in [6, 6.07) is 0. The van der Waals surface area contributed by atoms with Gasteiger partial charge in [0.05, 0.1) is 24.5 Å². The van der Waals surface area contributed by atoms with E-state index in [2.05, 4.69) is 12.2 Å². The van der Waals surface area contributed by atoms with Gasteiger partial charge in [0.15, 0.2) is 0 Å². The molecule has 31 heavy (non-hydrogen) atoms. The molecular weight excluding hydrogens is 414 g/mol. The summed E-state index contributed by atoms with van der Waals surface area (Å²) in [6.45, 7) is 6.19. The fraction of sp³-hybridized carbons (Fsp3) is 0.625. The summed E-state index contributed by atoms with van der Waals surface area (Å²) in [5, 5.41) is 13.4. The molecule has 0 aliphatic heterocycles. The summed E-state index contributed by atoms with van der Waals surface area (Å²) >= 11 is 1.46. The van der Waals surface area contributed by atoms with Crippen molar-refractivity contribution in [1.82, 2.24) is 0 Å². The number of carboxylic acids is 1. The molecule has 0 unspecified atom stereocenters.